The highest BCUT2D eigenvalue weighted by atomic mass is 35.5. The third kappa shape index (κ3) is 1.97. The van der Waals surface area contributed by atoms with E-state index < -0.39 is 22.2 Å². The number of halogens is 1. The lowest BCUT2D eigenvalue weighted by Crippen LogP contribution is -2.31. The van der Waals surface area contributed by atoms with E-state index in [9.17, 15) is 18.6 Å². The van der Waals surface area contributed by atoms with Crippen molar-refractivity contribution in [2.45, 2.75) is 17.2 Å². The molecule has 0 bridgehead atoms. The van der Waals surface area contributed by atoms with Gasteiger partial charge in [-0.15, -0.1) is 11.3 Å². The molecule has 10 heteroatoms. The quantitative estimate of drug-likeness (QED) is 0.796. The van der Waals surface area contributed by atoms with E-state index in [-0.39, 0.29) is 23.3 Å². The molecule has 2 atom stereocenters. The molecule has 0 aliphatic carbocycles. The first kappa shape index (κ1) is 13.3. The Labute approximate surface area is 117 Å². The molecule has 7 nitrogen and oxygen atoms in total. The molecule has 2 aromatic rings. The molecule has 3 rings (SSSR count). The van der Waals surface area contributed by atoms with E-state index >= 15 is 0 Å². The third-order valence-corrected chi connectivity index (χ3v) is 5.98. The Kier molecular flexibility index (Phi) is 3.08. The number of rotatable bonds is 2. The summed E-state index contributed by atoms with van der Waals surface area (Å²) in [4.78, 5) is 4.44. The second kappa shape index (κ2) is 4.40. The number of hydrogen-bond acceptors (Lipinski definition) is 6. The number of aliphatic hydroxyl groups is 2. The molecule has 3 heterocycles. The maximum Gasteiger partial charge on any atom is 0.262 e. The highest BCUT2D eigenvalue weighted by Gasteiger charge is 2.40. The number of fused-ring (bicyclic) bond motifs is 1. The van der Waals surface area contributed by atoms with Gasteiger partial charge in [0.1, 0.15) is 0 Å². The summed E-state index contributed by atoms with van der Waals surface area (Å²) < 4.78 is 27.4. The number of aromatic nitrogens is 2. The molecule has 1 aliphatic heterocycles. The lowest BCUT2D eigenvalue weighted by Gasteiger charge is -2.14. The van der Waals surface area contributed by atoms with Crippen LogP contribution in [0.1, 0.15) is 0 Å². The van der Waals surface area contributed by atoms with Crippen molar-refractivity contribution in [3.05, 3.63) is 16.7 Å². The lowest BCUT2D eigenvalue weighted by molar-refractivity contribution is 0.0572. The van der Waals surface area contributed by atoms with E-state index in [2.05, 4.69) is 4.98 Å². The van der Waals surface area contributed by atoms with Crippen molar-refractivity contribution in [2.24, 2.45) is 0 Å². The van der Waals surface area contributed by atoms with Crippen LogP contribution in [0, 0.1) is 0 Å². The Morgan fingerprint density at radius 1 is 1.37 bits per heavy atom. The SMILES string of the molecule is O=S(=O)(c1c(Cl)nc2sccn12)N1CC(O)C(O)C1. The van der Waals surface area contributed by atoms with Gasteiger partial charge >= 0.3 is 0 Å². The lowest BCUT2D eigenvalue weighted by atomic mass is 10.3. The Balaban J connectivity index is 2.10. The van der Waals surface area contributed by atoms with Gasteiger partial charge in [0.15, 0.2) is 15.1 Å². The predicted octanol–water partition coefficient (Wildman–Crippen LogP) is -0.225. The predicted molar refractivity (Wildman–Crippen MR) is 68.9 cm³/mol. The third-order valence-electron chi connectivity index (χ3n) is 2.99. The van der Waals surface area contributed by atoms with E-state index in [1.165, 1.54) is 15.7 Å². The normalized spacial score (nSPS) is 25.4. The molecule has 0 aromatic carbocycles. The van der Waals surface area contributed by atoms with Crippen LogP contribution in [-0.4, -0.2) is 57.6 Å². The van der Waals surface area contributed by atoms with E-state index in [4.69, 9.17) is 11.6 Å². The van der Waals surface area contributed by atoms with Crippen molar-refractivity contribution in [1.29, 1.82) is 0 Å². The molecule has 19 heavy (non-hydrogen) atoms. The average molecular weight is 324 g/mol. The van der Waals surface area contributed by atoms with Crippen LogP contribution in [0.5, 0.6) is 0 Å². The van der Waals surface area contributed by atoms with E-state index in [1.54, 1.807) is 11.6 Å². The zero-order valence-electron chi connectivity index (χ0n) is 9.47. The number of hydrogen-bond donors (Lipinski definition) is 2. The zero-order valence-corrected chi connectivity index (χ0v) is 11.9. The molecule has 2 aromatic heterocycles. The smallest absolute Gasteiger partial charge is 0.262 e. The van der Waals surface area contributed by atoms with Crippen LogP contribution in [0.15, 0.2) is 16.6 Å². The van der Waals surface area contributed by atoms with Crippen LogP contribution in [0.3, 0.4) is 0 Å². The molecule has 0 radical (unpaired) electrons. The Hall–Kier alpha value is -0.710. The fraction of sp³-hybridized carbons (Fsp3) is 0.444. The Bertz CT molecular complexity index is 715. The summed E-state index contributed by atoms with van der Waals surface area (Å²) in [5.41, 5.74) is 0. The fourth-order valence-corrected chi connectivity index (χ4v) is 4.91. The summed E-state index contributed by atoms with van der Waals surface area (Å²) in [6, 6.07) is 0. The monoisotopic (exact) mass is 323 g/mol. The molecule has 0 saturated carbocycles. The van der Waals surface area contributed by atoms with Crippen LogP contribution in [0.2, 0.25) is 5.15 Å². The van der Waals surface area contributed by atoms with Crippen molar-refractivity contribution < 1.29 is 18.6 Å². The average Bonchev–Trinajstić information content (AvgIpc) is 2.94. The number of thiazole rings is 1. The highest BCUT2D eigenvalue weighted by molar-refractivity contribution is 7.89. The summed E-state index contributed by atoms with van der Waals surface area (Å²) in [5.74, 6) is 0. The van der Waals surface area contributed by atoms with Gasteiger partial charge < -0.3 is 10.2 Å². The van der Waals surface area contributed by atoms with Gasteiger partial charge in [0.2, 0.25) is 0 Å². The van der Waals surface area contributed by atoms with Crippen LogP contribution in [0.4, 0.5) is 0 Å². The zero-order chi connectivity index (χ0) is 13.8. The summed E-state index contributed by atoms with van der Waals surface area (Å²) in [6.45, 7) is -0.311. The molecule has 1 aliphatic rings. The molecule has 1 fully saturated rings. The van der Waals surface area contributed by atoms with E-state index in [1.807, 2.05) is 0 Å². The molecule has 1 saturated heterocycles. The maximum atomic E-state index is 12.5. The second-order valence-corrected chi connectivity index (χ2v) is 7.30. The maximum absolute atomic E-state index is 12.5. The molecular formula is C9H10ClN3O4S2. The van der Waals surface area contributed by atoms with Gasteiger partial charge in [0.05, 0.1) is 12.2 Å². The van der Waals surface area contributed by atoms with Crippen LogP contribution >= 0.6 is 22.9 Å². The topological polar surface area (TPSA) is 95.1 Å². The van der Waals surface area contributed by atoms with Gasteiger partial charge in [-0.3, -0.25) is 4.40 Å². The Morgan fingerprint density at radius 3 is 2.63 bits per heavy atom. The van der Waals surface area contributed by atoms with Gasteiger partial charge in [0, 0.05) is 24.7 Å². The first-order valence-electron chi connectivity index (χ1n) is 5.38. The molecule has 2 unspecified atom stereocenters. The van der Waals surface area contributed by atoms with Crippen molar-refractivity contribution in [3.8, 4) is 0 Å². The molecular weight excluding hydrogens is 314 g/mol. The van der Waals surface area contributed by atoms with Crippen LogP contribution in [0.25, 0.3) is 4.96 Å². The van der Waals surface area contributed by atoms with Gasteiger partial charge in [-0.1, -0.05) is 11.6 Å². The van der Waals surface area contributed by atoms with Gasteiger partial charge in [0.25, 0.3) is 10.0 Å². The number of nitrogens with zero attached hydrogens (tertiary/aromatic N) is 3. The van der Waals surface area contributed by atoms with Gasteiger partial charge in [-0.2, -0.15) is 4.31 Å². The Morgan fingerprint density at radius 2 is 2.00 bits per heavy atom. The minimum atomic E-state index is -3.90. The van der Waals surface area contributed by atoms with E-state index in [0.717, 1.165) is 4.31 Å². The highest BCUT2D eigenvalue weighted by Crippen LogP contribution is 2.29. The first-order valence-corrected chi connectivity index (χ1v) is 8.08. The molecule has 104 valence electrons. The molecule has 2 N–H and O–H groups in total. The number of β-amino-alcohol motifs (C(OH)–C–C–N with tert-alkyl or cyclic N) is 2. The van der Waals surface area contributed by atoms with Gasteiger partial charge in [-0.25, -0.2) is 13.4 Å². The van der Waals surface area contributed by atoms with E-state index in [0.29, 0.717) is 4.96 Å². The summed E-state index contributed by atoms with van der Waals surface area (Å²) >= 11 is 7.16. The minimum Gasteiger partial charge on any atom is -0.389 e. The number of imidazole rings is 1. The van der Waals surface area contributed by atoms with Crippen molar-refractivity contribution in [1.82, 2.24) is 13.7 Å². The molecule has 0 spiro atoms. The van der Waals surface area contributed by atoms with Crippen molar-refractivity contribution in [3.63, 3.8) is 0 Å². The van der Waals surface area contributed by atoms with Crippen LogP contribution < -0.4 is 0 Å². The fourth-order valence-electron chi connectivity index (χ4n) is 2.02. The second-order valence-electron chi connectivity index (χ2n) is 4.22. The number of sulfonamides is 1. The standard InChI is InChI=1S/C9H10ClN3O4S2/c10-7-8(13-1-2-18-9(13)11-7)19(16,17)12-3-5(14)6(15)4-12/h1-2,5-6,14-15H,3-4H2. The van der Waals surface area contributed by atoms with Crippen molar-refractivity contribution >= 4 is 37.9 Å². The number of aliphatic hydroxyl groups excluding tert-OH is 2. The molecule has 0 amide bonds. The van der Waals surface area contributed by atoms with Crippen molar-refractivity contribution in [2.75, 3.05) is 13.1 Å². The van der Waals surface area contributed by atoms with Crippen LogP contribution in [-0.2, 0) is 10.0 Å². The summed E-state index contributed by atoms with van der Waals surface area (Å²) in [6.07, 6.45) is -0.604. The first-order chi connectivity index (χ1) is 8.91. The summed E-state index contributed by atoms with van der Waals surface area (Å²) in [5, 5.41) is 20.4. The summed E-state index contributed by atoms with van der Waals surface area (Å²) in [7, 11) is -3.90. The minimum absolute atomic E-state index is 0.109. The van der Waals surface area contributed by atoms with Gasteiger partial charge in [-0.05, 0) is 0 Å². The largest absolute Gasteiger partial charge is 0.389 e.